The Bertz CT molecular complexity index is 1880. The molecule has 0 radical (unpaired) electrons. The van der Waals surface area contributed by atoms with Crippen LogP contribution in [0.3, 0.4) is 0 Å². The van der Waals surface area contributed by atoms with Gasteiger partial charge in [-0.1, -0.05) is 42.8 Å². The predicted molar refractivity (Wildman–Crippen MR) is 166 cm³/mol. The third kappa shape index (κ3) is 6.12. The minimum absolute atomic E-state index is 0.164. The maximum atomic E-state index is 15.2. The van der Waals surface area contributed by atoms with Crippen LogP contribution in [0.5, 0.6) is 0 Å². The van der Waals surface area contributed by atoms with Crippen LogP contribution in [0.15, 0.2) is 70.9 Å². The zero-order valence-corrected chi connectivity index (χ0v) is 25.7. The fourth-order valence-corrected chi connectivity index (χ4v) is 6.31. The van der Waals surface area contributed by atoms with Crippen molar-refractivity contribution in [3.63, 3.8) is 0 Å². The lowest BCUT2D eigenvalue weighted by molar-refractivity contribution is 0.0499. The van der Waals surface area contributed by atoms with Crippen molar-refractivity contribution in [3.05, 3.63) is 106 Å². The van der Waals surface area contributed by atoms with E-state index >= 15 is 4.39 Å². The summed E-state index contributed by atoms with van der Waals surface area (Å²) < 4.78 is 57.9. The van der Waals surface area contributed by atoms with Gasteiger partial charge in [-0.05, 0) is 67.6 Å². The smallest absolute Gasteiger partial charge is 0.357 e. The number of aryl methyl sites for hydroxylation is 1. The van der Waals surface area contributed by atoms with Crippen molar-refractivity contribution >= 4 is 28.4 Å². The third-order valence-corrected chi connectivity index (χ3v) is 9.00. The largest absolute Gasteiger partial charge is 0.461 e. The number of aromatic nitrogens is 3. The van der Waals surface area contributed by atoms with E-state index in [1.807, 2.05) is 38.1 Å². The van der Waals surface area contributed by atoms with Crippen LogP contribution < -0.4 is 0 Å². The van der Waals surface area contributed by atoms with E-state index in [9.17, 15) is 17.9 Å². The molecule has 226 valence electrons. The minimum atomic E-state index is -2.45. The zero-order chi connectivity index (χ0) is 31.0. The number of carbonyl (C=O) groups excluding carboxylic acids is 1. The number of ether oxygens (including phenoxy) is 1. The highest BCUT2D eigenvalue weighted by molar-refractivity contribution is 7.79. The first kappa shape index (κ1) is 30.0. The minimum Gasteiger partial charge on any atom is -0.461 e. The van der Waals surface area contributed by atoms with E-state index in [-0.39, 0.29) is 28.7 Å². The Morgan fingerprint density at radius 2 is 1.82 bits per heavy atom. The van der Waals surface area contributed by atoms with Gasteiger partial charge in [-0.15, -0.1) is 11.3 Å². The van der Waals surface area contributed by atoms with Crippen LogP contribution in [-0.4, -0.2) is 36.1 Å². The zero-order valence-electron chi connectivity index (χ0n) is 24.0. The fraction of sp³-hybridized carbons (Fsp3) is 0.242. The summed E-state index contributed by atoms with van der Waals surface area (Å²) in [4.78, 5) is 16.8. The van der Waals surface area contributed by atoms with Gasteiger partial charge >= 0.3 is 5.97 Å². The van der Waals surface area contributed by atoms with Crippen LogP contribution >= 0.6 is 11.3 Å². The van der Waals surface area contributed by atoms with Gasteiger partial charge in [0.2, 0.25) is 5.13 Å². The molecule has 1 unspecified atom stereocenters. The summed E-state index contributed by atoms with van der Waals surface area (Å²) in [5.74, 6) is -1.49. The number of hydrogen-bond donors (Lipinski definition) is 1. The van der Waals surface area contributed by atoms with Crippen LogP contribution in [0.2, 0.25) is 0 Å². The molecule has 1 atom stereocenters. The van der Waals surface area contributed by atoms with Crippen molar-refractivity contribution < 1.29 is 27.1 Å². The summed E-state index contributed by atoms with van der Waals surface area (Å²) in [6.07, 6.45) is 2.80. The molecule has 2 aromatic heterocycles. The molecular weight excluding hydrogens is 605 g/mol. The molecular formula is C33H29F2N3O4S2. The van der Waals surface area contributed by atoms with Crippen LogP contribution in [0, 0.1) is 18.6 Å². The Kier molecular flexibility index (Phi) is 8.53. The third-order valence-electron chi connectivity index (χ3n) is 7.47. The van der Waals surface area contributed by atoms with Crippen molar-refractivity contribution in [2.75, 3.05) is 6.61 Å². The van der Waals surface area contributed by atoms with Crippen LogP contribution in [-0.2, 0) is 22.2 Å². The highest BCUT2D eigenvalue weighted by Gasteiger charge is 2.34. The Balaban J connectivity index is 1.50. The number of rotatable bonds is 10. The molecule has 0 bridgehead atoms. The van der Waals surface area contributed by atoms with Gasteiger partial charge in [-0.2, -0.15) is 5.10 Å². The molecule has 44 heavy (non-hydrogen) atoms. The molecule has 5 aromatic rings. The molecule has 11 heteroatoms. The lowest BCUT2D eigenvalue weighted by atomic mass is 9.95. The molecule has 1 aliphatic carbocycles. The lowest BCUT2D eigenvalue weighted by Crippen LogP contribution is -2.08. The van der Waals surface area contributed by atoms with Crippen molar-refractivity contribution in [2.45, 2.75) is 50.3 Å². The first-order valence-electron chi connectivity index (χ1n) is 14.2. The monoisotopic (exact) mass is 633 g/mol. The van der Waals surface area contributed by atoms with Gasteiger partial charge in [0.15, 0.2) is 16.8 Å². The van der Waals surface area contributed by atoms with E-state index in [1.54, 1.807) is 28.3 Å². The van der Waals surface area contributed by atoms with Gasteiger partial charge in [-0.25, -0.2) is 27.5 Å². The van der Waals surface area contributed by atoms with Gasteiger partial charge in [0.1, 0.15) is 16.5 Å². The van der Waals surface area contributed by atoms with Crippen LogP contribution in [0.25, 0.3) is 27.5 Å². The first-order chi connectivity index (χ1) is 21.2. The van der Waals surface area contributed by atoms with Crippen molar-refractivity contribution in [1.29, 1.82) is 0 Å². The van der Waals surface area contributed by atoms with Gasteiger partial charge in [0.05, 0.1) is 18.0 Å². The number of carbonyl (C=O) groups is 1. The summed E-state index contributed by atoms with van der Waals surface area (Å²) in [7, 11) is 0. The molecule has 0 amide bonds. The molecule has 1 fully saturated rings. The molecule has 0 spiro atoms. The standard InChI is InChI=1S/C33H29F2N3O4S2/c1-3-14-42-32(39)28-18-43-33(36-28)38-31(22-9-10-22)25(15-20-6-13-29(44(40)41)27(35)16-20)30(37-38)23-11-12-26(34)24(17-23)21-7-4-19(2)5-8-21/h4-8,11-13,16-18,22H,3,9-10,14-15H2,1-2H3,(H,40,41). The number of hydrogen-bond acceptors (Lipinski definition) is 6. The quantitative estimate of drug-likeness (QED) is 0.124. The van der Waals surface area contributed by atoms with E-state index < -0.39 is 22.9 Å². The average molecular weight is 634 g/mol. The predicted octanol–water partition coefficient (Wildman–Crippen LogP) is 7.87. The second-order valence-electron chi connectivity index (χ2n) is 10.8. The van der Waals surface area contributed by atoms with Crippen molar-refractivity contribution in [1.82, 2.24) is 14.8 Å². The second kappa shape index (κ2) is 12.5. The highest BCUT2D eigenvalue weighted by Crippen LogP contribution is 2.46. The summed E-state index contributed by atoms with van der Waals surface area (Å²) in [5, 5.41) is 7.12. The molecule has 1 saturated carbocycles. The maximum absolute atomic E-state index is 15.2. The normalized spacial score (nSPS) is 13.7. The van der Waals surface area contributed by atoms with E-state index in [0.29, 0.717) is 40.5 Å². The molecule has 1 N–H and O–H groups in total. The van der Waals surface area contributed by atoms with Crippen LogP contribution in [0.4, 0.5) is 8.78 Å². The average Bonchev–Trinajstić information content (AvgIpc) is 3.60. The Morgan fingerprint density at radius 1 is 1.07 bits per heavy atom. The van der Waals surface area contributed by atoms with Crippen molar-refractivity contribution in [2.24, 2.45) is 0 Å². The SMILES string of the molecule is CCCOC(=O)c1csc(-n2nc(-c3ccc(F)c(-c4ccc(C)cc4)c3)c(Cc3ccc(S(=O)O)c(F)c3)c2C2CC2)n1. The van der Waals surface area contributed by atoms with Crippen LogP contribution in [0.1, 0.15) is 65.0 Å². The Morgan fingerprint density at radius 3 is 2.50 bits per heavy atom. The molecule has 7 nitrogen and oxygen atoms in total. The molecule has 1 aliphatic rings. The summed E-state index contributed by atoms with van der Waals surface area (Å²) in [6.45, 7) is 4.18. The van der Waals surface area contributed by atoms with Gasteiger partial charge in [0.25, 0.3) is 0 Å². The summed E-state index contributed by atoms with van der Waals surface area (Å²) in [6, 6.07) is 16.6. The van der Waals surface area contributed by atoms with E-state index in [0.717, 1.165) is 35.2 Å². The molecule has 3 aromatic carbocycles. The first-order valence-corrected chi connectivity index (χ1v) is 16.2. The Hall–Kier alpha value is -4.06. The summed E-state index contributed by atoms with van der Waals surface area (Å²) in [5.41, 5.74) is 5.95. The van der Waals surface area contributed by atoms with Gasteiger partial charge in [-0.3, -0.25) is 0 Å². The van der Waals surface area contributed by atoms with E-state index in [1.165, 1.54) is 29.5 Å². The molecule has 0 aliphatic heterocycles. The van der Waals surface area contributed by atoms with Gasteiger partial charge < -0.3 is 9.29 Å². The topological polar surface area (TPSA) is 94.3 Å². The van der Waals surface area contributed by atoms with E-state index in [4.69, 9.17) is 9.84 Å². The van der Waals surface area contributed by atoms with Gasteiger partial charge in [0, 0.05) is 34.4 Å². The fourth-order valence-electron chi connectivity index (χ4n) is 5.14. The molecule has 2 heterocycles. The number of nitrogens with zero attached hydrogens (tertiary/aromatic N) is 3. The maximum Gasteiger partial charge on any atom is 0.357 e. The lowest BCUT2D eigenvalue weighted by Gasteiger charge is -2.10. The molecule has 0 saturated heterocycles. The summed E-state index contributed by atoms with van der Waals surface area (Å²) >= 11 is -1.19. The Labute approximate surface area is 259 Å². The number of esters is 1. The van der Waals surface area contributed by atoms with E-state index in [2.05, 4.69) is 4.98 Å². The van der Waals surface area contributed by atoms with Crippen molar-refractivity contribution in [3.8, 4) is 27.5 Å². The number of halogens is 2. The number of benzene rings is 3. The molecule has 6 rings (SSSR count). The highest BCUT2D eigenvalue weighted by atomic mass is 32.2. The second-order valence-corrected chi connectivity index (χ2v) is 12.6. The number of thiazole rings is 1.